The summed E-state index contributed by atoms with van der Waals surface area (Å²) in [7, 11) is 3.48. The third kappa shape index (κ3) is 3.70. The zero-order valence-electron chi connectivity index (χ0n) is 16.4. The minimum absolute atomic E-state index is 0.00124. The van der Waals surface area contributed by atoms with Gasteiger partial charge in [-0.25, -0.2) is 0 Å². The molecule has 1 atom stereocenters. The van der Waals surface area contributed by atoms with Crippen molar-refractivity contribution in [1.82, 2.24) is 24.5 Å². The van der Waals surface area contributed by atoms with Gasteiger partial charge in [0.05, 0.1) is 15.9 Å². The summed E-state index contributed by atoms with van der Waals surface area (Å²) < 4.78 is 42.9. The lowest BCUT2D eigenvalue weighted by Crippen LogP contribution is -2.34. The average Bonchev–Trinajstić information content (AvgIpc) is 3.33. The van der Waals surface area contributed by atoms with E-state index in [-0.39, 0.29) is 16.3 Å². The van der Waals surface area contributed by atoms with Gasteiger partial charge in [0.15, 0.2) is 5.69 Å². The van der Waals surface area contributed by atoms with Gasteiger partial charge in [-0.3, -0.25) is 14.2 Å². The zero-order chi connectivity index (χ0) is 21.0. The van der Waals surface area contributed by atoms with Gasteiger partial charge in [-0.1, -0.05) is 0 Å². The van der Waals surface area contributed by atoms with Crippen LogP contribution in [0, 0.1) is 13.8 Å². The Balaban J connectivity index is 1.89. The number of carbonyl (C=O) groups is 1. The molecule has 1 fully saturated rings. The van der Waals surface area contributed by atoms with Crippen LogP contribution < -0.4 is 0 Å². The van der Waals surface area contributed by atoms with Crippen LogP contribution >= 0.6 is 15.9 Å². The van der Waals surface area contributed by atoms with E-state index in [1.807, 2.05) is 20.9 Å². The van der Waals surface area contributed by atoms with Crippen LogP contribution in [0.3, 0.4) is 0 Å². The molecule has 6 nitrogen and oxygen atoms in total. The van der Waals surface area contributed by atoms with Crippen LogP contribution in [0.1, 0.15) is 60.1 Å². The number of likely N-dealkylation sites (N-methyl/N-ethyl adjacent to an activating group) is 1. The second-order valence-electron chi connectivity index (χ2n) is 7.41. The molecule has 1 saturated carbocycles. The van der Waals surface area contributed by atoms with Crippen LogP contribution in [-0.4, -0.2) is 37.4 Å². The first-order valence-electron chi connectivity index (χ1n) is 9.02. The van der Waals surface area contributed by atoms with Crippen molar-refractivity contribution in [2.75, 3.05) is 7.05 Å². The molecule has 1 aliphatic carbocycles. The van der Waals surface area contributed by atoms with E-state index in [9.17, 15) is 18.0 Å². The molecule has 0 radical (unpaired) electrons. The Labute approximate surface area is 169 Å². The number of rotatable bonds is 5. The number of aromatic nitrogens is 4. The topological polar surface area (TPSA) is 56.0 Å². The van der Waals surface area contributed by atoms with E-state index >= 15 is 0 Å². The molecule has 2 aromatic rings. The highest BCUT2D eigenvalue weighted by Gasteiger charge is 2.43. The number of hydrogen-bond donors (Lipinski definition) is 0. The van der Waals surface area contributed by atoms with Gasteiger partial charge in [-0.05, 0) is 49.5 Å². The molecule has 0 saturated heterocycles. The van der Waals surface area contributed by atoms with Crippen LogP contribution in [0.25, 0.3) is 0 Å². The number of carbonyl (C=O) groups excluding carboxylic acids is 1. The van der Waals surface area contributed by atoms with Crippen molar-refractivity contribution in [3.63, 3.8) is 0 Å². The van der Waals surface area contributed by atoms with E-state index in [2.05, 4.69) is 26.1 Å². The van der Waals surface area contributed by atoms with Crippen LogP contribution in [0.4, 0.5) is 13.2 Å². The summed E-state index contributed by atoms with van der Waals surface area (Å²) in [5.74, 6) is -0.297. The molecule has 0 aliphatic heterocycles. The second-order valence-corrected chi connectivity index (χ2v) is 8.20. The lowest BCUT2D eigenvalue weighted by Gasteiger charge is -2.23. The fourth-order valence-electron chi connectivity index (χ4n) is 3.41. The third-order valence-electron chi connectivity index (χ3n) is 5.27. The number of halogens is 4. The van der Waals surface area contributed by atoms with E-state index in [4.69, 9.17) is 0 Å². The molecule has 0 bridgehead atoms. The Kier molecular flexibility index (Phi) is 5.37. The number of alkyl halides is 3. The summed E-state index contributed by atoms with van der Waals surface area (Å²) in [6, 6.07) is -0.842. The van der Waals surface area contributed by atoms with Crippen molar-refractivity contribution < 1.29 is 18.0 Å². The molecule has 0 aromatic carbocycles. The predicted molar refractivity (Wildman–Crippen MR) is 101 cm³/mol. The molecule has 2 heterocycles. The quantitative estimate of drug-likeness (QED) is 0.672. The molecule has 1 amide bonds. The summed E-state index contributed by atoms with van der Waals surface area (Å²) in [6.45, 7) is 5.72. The van der Waals surface area contributed by atoms with Gasteiger partial charge >= 0.3 is 6.18 Å². The molecule has 3 rings (SSSR count). The Morgan fingerprint density at radius 2 is 1.93 bits per heavy atom. The van der Waals surface area contributed by atoms with E-state index in [1.165, 1.54) is 9.58 Å². The van der Waals surface area contributed by atoms with Crippen LogP contribution in [0.2, 0.25) is 0 Å². The first-order valence-corrected chi connectivity index (χ1v) is 9.81. The van der Waals surface area contributed by atoms with Gasteiger partial charge in [0.25, 0.3) is 0 Å². The highest BCUT2D eigenvalue weighted by atomic mass is 79.9. The number of amides is 1. The monoisotopic (exact) mass is 461 g/mol. The number of nitrogens with zero attached hydrogens (tertiary/aromatic N) is 5. The van der Waals surface area contributed by atoms with Gasteiger partial charge in [0.2, 0.25) is 5.91 Å². The summed E-state index contributed by atoms with van der Waals surface area (Å²) >= 11 is 3.07. The normalized spacial score (nSPS) is 15.8. The molecular weight excluding hydrogens is 439 g/mol. The van der Waals surface area contributed by atoms with Gasteiger partial charge < -0.3 is 4.90 Å². The van der Waals surface area contributed by atoms with Crippen molar-refractivity contribution in [2.24, 2.45) is 7.05 Å². The van der Waals surface area contributed by atoms with Crippen molar-refractivity contribution in [2.45, 2.75) is 58.3 Å². The largest absolute Gasteiger partial charge is 0.436 e. The van der Waals surface area contributed by atoms with Crippen LogP contribution in [0.15, 0.2) is 4.47 Å². The van der Waals surface area contributed by atoms with Crippen molar-refractivity contribution in [1.29, 1.82) is 0 Å². The minimum Gasteiger partial charge on any atom is -0.339 e. The van der Waals surface area contributed by atoms with Crippen molar-refractivity contribution in [3.8, 4) is 0 Å². The summed E-state index contributed by atoms with van der Waals surface area (Å²) in [6.07, 6.45) is -2.98. The standard InChI is InChI=1S/C18H23BrF3N5O/c1-9-13(10(2)26(5)23-9)8-25(4)17(28)11(3)27-15(12-6-7-12)14(19)16(24-27)18(20,21)22/h11-12H,6-8H2,1-5H3. The lowest BCUT2D eigenvalue weighted by atomic mass is 10.1. The fourth-order valence-corrected chi connectivity index (χ4v) is 4.22. The van der Waals surface area contributed by atoms with Crippen LogP contribution in [0.5, 0.6) is 0 Å². The fraction of sp³-hybridized carbons (Fsp3) is 0.611. The number of hydrogen-bond acceptors (Lipinski definition) is 3. The van der Waals surface area contributed by atoms with Crippen molar-refractivity contribution >= 4 is 21.8 Å². The molecule has 1 aliphatic rings. The molecule has 0 N–H and O–H groups in total. The molecule has 10 heteroatoms. The zero-order valence-corrected chi connectivity index (χ0v) is 18.0. The summed E-state index contributed by atoms with van der Waals surface area (Å²) in [5, 5.41) is 8.12. The van der Waals surface area contributed by atoms with Gasteiger partial charge in [0, 0.05) is 37.8 Å². The molecule has 28 heavy (non-hydrogen) atoms. The van der Waals surface area contributed by atoms with Gasteiger partial charge in [-0.2, -0.15) is 23.4 Å². The maximum absolute atomic E-state index is 13.3. The highest BCUT2D eigenvalue weighted by molar-refractivity contribution is 9.10. The van der Waals surface area contributed by atoms with E-state index in [0.717, 1.165) is 29.8 Å². The Bertz CT molecular complexity index is 913. The van der Waals surface area contributed by atoms with E-state index in [0.29, 0.717) is 12.2 Å². The first-order chi connectivity index (χ1) is 12.9. The maximum Gasteiger partial charge on any atom is 0.436 e. The molecule has 0 spiro atoms. The average molecular weight is 462 g/mol. The smallest absolute Gasteiger partial charge is 0.339 e. The first kappa shape index (κ1) is 20.9. The van der Waals surface area contributed by atoms with Gasteiger partial charge in [-0.15, -0.1) is 0 Å². The Hall–Kier alpha value is -1.84. The summed E-state index contributed by atoms with van der Waals surface area (Å²) in [5.41, 5.74) is 2.19. The predicted octanol–water partition coefficient (Wildman–Crippen LogP) is 4.11. The molecular formula is C18H23BrF3N5O. The van der Waals surface area contributed by atoms with Crippen molar-refractivity contribution in [3.05, 3.63) is 32.8 Å². The second kappa shape index (κ2) is 7.20. The summed E-state index contributed by atoms with van der Waals surface area (Å²) in [4.78, 5) is 14.5. The molecule has 1 unspecified atom stereocenters. The SMILES string of the molecule is Cc1nn(C)c(C)c1CN(C)C(=O)C(C)n1nc(C(F)(F)F)c(Br)c1C1CC1. The van der Waals surface area contributed by atoms with E-state index in [1.54, 1.807) is 18.7 Å². The van der Waals surface area contributed by atoms with Gasteiger partial charge in [0.1, 0.15) is 6.04 Å². The van der Waals surface area contributed by atoms with E-state index < -0.39 is 17.9 Å². The third-order valence-corrected chi connectivity index (χ3v) is 6.06. The lowest BCUT2D eigenvalue weighted by molar-refractivity contribution is -0.143. The maximum atomic E-state index is 13.3. The Morgan fingerprint density at radius 1 is 1.32 bits per heavy atom. The molecule has 154 valence electrons. The highest BCUT2D eigenvalue weighted by Crippen LogP contribution is 2.47. The molecule has 2 aromatic heterocycles. The number of aryl methyl sites for hydroxylation is 2. The minimum atomic E-state index is -4.58. The van der Waals surface area contributed by atoms with Crippen LogP contribution in [-0.2, 0) is 24.6 Å². The Morgan fingerprint density at radius 3 is 2.39 bits per heavy atom.